The summed E-state index contributed by atoms with van der Waals surface area (Å²) in [5.41, 5.74) is 0. The number of hydrogen-bond acceptors (Lipinski definition) is 2. The first kappa shape index (κ1) is 10.2. The van der Waals surface area contributed by atoms with E-state index in [2.05, 4.69) is 15.5 Å². The van der Waals surface area contributed by atoms with Crippen molar-refractivity contribution in [2.75, 3.05) is 27.4 Å². The molecule has 0 saturated heterocycles. The van der Waals surface area contributed by atoms with Gasteiger partial charge < -0.3 is 9.47 Å². The molecule has 4 heteroatoms. The van der Waals surface area contributed by atoms with Crippen LogP contribution >= 0.6 is 0 Å². The van der Waals surface area contributed by atoms with Gasteiger partial charge in [0.05, 0.1) is 13.2 Å². The Morgan fingerprint density at radius 1 is 1.23 bits per heavy atom. The molecule has 0 atom stereocenters. The number of hydrogen-bond donors (Lipinski definition) is 0. The molecule has 0 unspecified atom stereocenters. The molecule has 1 aromatic heterocycles. The Labute approximate surface area is 78.7 Å². The Morgan fingerprint density at radius 3 is 2.69 bits per heavy atom. The van der Waals surface area contributed by atoms with Crippen molar-refractivity contribution in [1.29, 1.82) is 0 Å². The van der Waals surface area contributed by atoms with E-state index in [1.807, 2.05) is 12.4 Å². The van der Waals surface area contributed by atoms with Gasteiger partial charge in [0.1, 0.15) is 25.5 Å². The maximum absolute atomic E-state index is 4.98. The Balaban J connectivity index is 2.34. The van der Waals surface area contributed by atoms with Crippen LogP contribution in [0.4, 0.5) is 0 Å². The van der Waals surface area contributed by atoms with Gasteiger partial charge in [0.2, 0.25) is 6.33 Å². The summed E-state index contributed by atoms with van der Waals surface area (Å²) in [4.78, 5) is 0. The second-order valence-corrected chi connectivity index (χ2v) is 2.87. The number of rotatable bonds is 6. The van der Waals surface area contributed by atoms with E-state index in [0.29, 0.717) is 0 Å². The number of ether oxygens (including phenoxy) is 2. The second-order valence-electron chi connectivity index (χ2n) is 2.87. The summed E-state index contributed by atoms with van der Waals surface area (Å²) in [5, 5.41) is 0. The van der Waals surface area contributed by atoms with E-state index in [0.717, 1.165) is 26.3 Å². The van der Waals surface area contributed by atoms with Gasteiger partial charge in [-0.3, -0.25) is 0 Å². The minimum atomic E-state index is 0.749. The third kappa shape index (κ3) is 3.57. The average molecular weight is 185 g/mol. The lowest BCUT2D eigenvalue weighted by Crippen LogP contribution is -2.33. The Kier molecular flexibility index (Phi) is 4.49. The molecule has 0 N–H and O–H groups in total. The maximum Gasteiger partial charge on any atom is 0.243 e. The monoisotopic (exact) mass is 185 g/mol. The van der Waals surface area contributed by atoms with E-state index < -0.39 is 0 Å². The number of methoxy groups -OCH3 is 2. The fraction of sp³-hybridized carbons (Fsp3) is 0.667. The van der Waals surface area contributed by atoms with Crippen LogP contribution in [0.15, 0.2) is 18.7 Å². The van der Waals surface area contributed by atoms with Gasteiger partial charge in [-0.2, -0.15) is 0 Å². The molecular formula is C9H17N2O2+. The van der Waals surface area contributed by atoms with Crippen LogP contribution in [-0.4, -0.2) is 32.0 Å². The van der Waals surface area contributed by atoms with Gasteiger partial charge in [0.25, 0.3) is 0 Å². The first-order valence-corrected chi connectivity index (χ1v) is 4.39. The standard InChI is InChI=1S/C9H17N2O2/c1-12-7-5-10-3-4-11(9-10)6-8-13-2/h3-4,9H,5-8H2,1-2H3/q+1. The fourth-order valence-corrected chi connectivity index (χ4v) is 1.10. The molecular weight excluding hydrogens is 168 g/mol. The normalized spacial score (nSPS) is 10.6. The Morgan fingerprint density at radius 2 is 2.00 bits per heavy atom. The molecule has 0 bridgehead atoms. The molecule has 4 nitrogen and oxygen atoms in total. The summed E-state index contributed by atoms with van der Waals surface area (Å²) in [6, 6.07) is 0. The zero-order chi connectivity index (χ0) is 9.52. The fourth-order valence-electron chi connectivity index (χ4n) is 1.10. The van der Waals surface area contributed by atoms with Crippen LogP contribution in [0.3, 0.4) is 0 Å². The highest BCUT2D eigenvalue weighted by Gasteiger charge is 2.01. The molecule has 0 aliphatic rings. The first-order chi connectivity index (χ1) is 6.36. The molecule has 13 heavy (non-hydrogen) atoms. The van der Waals surface area contributed by atoms with Crippen molar-refractivity contribution in [2.45, 2.75) is 13.1 Å². The summed E-state index contributed by atoms with van der Waals surface area (Å²) < 4.78 is 14.2. The molecule has 0 saturated carbocycles. The molecule has 1 rings (SSSR count). The molecule has 0 aliphatic carbocycles. The molecule has 0 amide bonds. The van der Waals surface area contributed by atoms with Crippen LogP contribution in [-0.2, 0) is 22.6 Å². The van der Waals surface area contributed by atoms with E-state index in [1.165, 1.54) is 0 Å². The zero-order valence-electron chi connectivity index (χ0n) is 8.27. The van der Waals surface area contributed by atoms with Crippen LogP contribution in [0.1, 0.15) is 0 Å². The highest BCUT2D eigenvalue weighted by molar-refractivity contribution is 4.65. The summed E-state index contributed by atoms with van der Waals surface area (Å²) >= 11 is 0. The van der Waals surface area contributed by atoms with Gasteiger partial charge in [-0.05, 0) is 0 Å². The second kappa shape index (κ2) is 5.72. The summed E-state index contributed by atoms with van der Waals surface area (Å²) in [5.74, 6) is 0. The summed E-state index contributed by atoms with van der Waals surface area (Å²) in [6.45, 7) is 3.30. The van der Waals surface area contributed by atoms with Crippen molar-refractivity contribution >= 4 is 0 Å². The predicted molar refractivity (Wildman–Crippen MR) is 48.4 cm³/mol. The van der Waals surface area contributed by atoms with E-state index in [4.69, 9.17) is 9.47 Å². The smallest absolute Gasteiger partial charge is 0.243 e. The zero-order valence-corrected chi connectivity index (χ0v) is 8.27. The summed E-state index contributed by atoms with van der Waals surface area (Å²) in [7, 11) is 3.42. The van der Waals surface area contributed by atoms with Crippen LogP contribution in [0, 0.1) is 0 Å². The van der Waals surface area contributed by atoms with Gasteiger partial charge in [-0.15, -0.1) is 0 Å². The molecule has 0 fully saturated rings. The Hall–Kier alpha value is -0.870. The van der Waals surface area contributed by atoms with Crippen molar-refractivity contribution in [3.8, 4) is 0 Å². The number of aromatic nitrogens is 2. The SMILES string of the molecule is COCCn1cc[n+](CCOC)c1. The number of imidazole rings is 1. The van der Waals surface area contributed by atoms with Crippen LogP contribution in [0.2, 0.25) is 0 Å². The Bertz CT molecular complexity index is 213. The van der Waals surface area contributed by atoms with Crippen molar-refractivity contribution in [3.63, 3.8) is 0 Å². The molecule has 1 heterocycles. The summed E-state index contributed by atoms with van der Waals surface area (Å²) in [6.07, 6.45) is 6.13. The molecule has 0 aliphatic heterocycles. The van der Waals surface area contributed by atoms with E-state index >= 15 is 0 Å². The maximum atomic E-state index is 4.98. The lowest BCUT2D eigenvalue weighted by Gasteiger charge is -1.95. The third-order valence-electron chi connectivity index (χ3n) is 1.85. The molecule has 0 radical (unpaired) electrons. The van der Waals surface area contributed by atoms with Gasteiger partial charge in [0, 0.05) is 14.2 Å². The minimum Gasteiger partial charge on any atom is -0.381 e. The predicted octanol–water partition coefficient (Wildman–Crippen LogP) is 0.0684. The van der Waals surface area contributed by atoms with Crippen molar-refractivity contribution in [2.24, 2.45) is 0 Å². The van der Waals surface area contributed by atoms with Gasteiger partial charge in [0.15, 0.2) is 0 Å². The number of nitrogens with zero attached hydrogens (tertiary/aromatic N) is 2. The largest absolute Gasteiger partial charge is 0.381 e. The lowest BCUT2D eigenvalue weighted by atomic mass is 10.7. The van der Waals surface area contributed by atoms with E-state index in [9.17, 15) is 0 Å². The minimum absolute atomic E-state index is 0.749. The van der Waals surface area contributed by atoms with E-state index in [-0.39, 0.29) is 0 Å². The third-order valence-corrected chi connectivity index (χ3v) is 1.85. The lowest BCUT2D eigenvalue weighted by molar-refractivity contribution is -0.697. The van der Waals surface area contributed by atoms with Gasteiger partial charge in [-0.1, -0.05) is 0 Å². The van der Waals surface area contributed by atoms with E-state index in [1.54, 1.807) is 14.2 Å². The molecule has 0 spiro atoms. The highest BCUT2D eigenvalue weighted by Crippen LogP contribution is 1.84. The first-order valence-electron chi connectivity index (χ1n) is 4.39. The van der Waals surface area contributed by atoms with Crippen LogP contribution in [0.25, 0.3) is 0 Å². The van der Waals surface area contributed by atoms with Crippen molar-refractivity contribution < 1.29 is 14.0 Å². The van der Waals surface area contributed by atoms with Crippen LogP contribution in [0.5, 0.6) is 0 Å². The topological polar surface area (TPSA) is 27.3 Å². The van der Waals surface area contributed by atoms with Gasteiger partial charge >= 0.3 is 0 Å². The van der Waals surface area contributed by atoms with Crippen LogP contribution < -0.4 is 4.57 Å². The average Bonchev–Trinajstić information content (AvgIpc) is 2.59. The molecule has 74 valence electrons. The quantitative estimate of drug-likeness (QED) is 0.586. The van der Waals surface area contributed by atoms with Crippen molar-refractivity contribution in [3.05, 3.63) is 18.7 Å². The van der Waals surface area contributed by atoms with Crippen molar-refractivity contribution in [1.82, 2.24) is 4.57 Å². The highest BCUT2D eigenvalue weighted by atomic mass is 16.5. The molecule has 0 aromatic carbocycles. The molecule has 1 aromatic rings. The van der Waals surface area contributed by atoms with Gasteiger partial charge in [-0.25, -0.2) is 9.13 Å².